The molecule has 0 aromatic rings. The van der Waals surface area contributed by atoms with Crippen LogP contribution in [0.5, 0.6) is 0 Å². The Morgan fingerprint density at radius 3 is 2.71 bits per heavy atom. The summed E-state index contributed by atoms with van der Waals surface area (Å²) in [7, 11) is 0. The number of hydrogen-bond donors (Lipinski definition) is 1. The van der Waals surface area contributed by atoms with Gasteiger partial charge in [0.05, 0.1) is 0 Å². The van der Waals surface area contributed by atoms with Crippen LogP contribution in [0.1, 0.15) is 6.92 Å². The number of aliphatic imine (C=N–C) groups is 1. The Morgan fingerprint density at radius 1 is 1.57 bits per heavy atom. The molecule has 0 saturated heterocycles. The van der Waals surface area contributed by atoms with Crippen molar-refractivity contribution in [3.8, 4) is 0 Å². The highest BCUT2D eigenvalue weighted by Gasteiger charge is 1.53. The van der Waals surface area contributed by atoms with Gasteiger partial charge in [-0.1, -0.05) is 6.08 Å². The van der Waals surface area contributed by atoms with Crippen molar-refractivity contribution in [2.45, 2.75) is 6.92 Å². The first kappa shape index (κ1) is 6.08. The molecule has 0 radical (unpaired) electrons. The molecule has 0 bridgehead atoms. The van der Waals surface area contributed by atoms with E-state index < -0.39 is 0 Å². The van der Waals surface area contributed by atoms with E-state index in [1.807, 2.05) is 13.0 Å². The maximum absolute atomic E-state index is 6.42. The lowest BCUT2D eigenvalue weighted by molar-refractivity contribution is 1.52. The van der Waals surface area contributed by atoms with Crippen molar-refractivity contribution >= 4 is 12.6 Å². The highest BCUT2D eigenvalue weighted by molar-refractivity contribution is 5.78. The third kappa shape index (κ3) is 5.08. The lowest BCUT2D eigenvalue weighted by atomic mass is 10.6. The molecular formula is C5H8N2. The molecule has 2 heteroatoms. The number of hydrogen-bond acceptors (Lipinski definition) is 1. The molecule has 0 heterocycles. The molecule has 0 aliphatic heterocycles. The van der Waals surface area contributed by atoms with Gasteiger partial charge in [-0.3, -0.25) is 5.41 Å². The van der Waals surface area contributed by atoms with Gasteiger partial charge in [0, 0.05) is 6.21 Å². The smallest absolute Gasteiger partial charge is 0.106 e. The third-order valence-corrected chi connectivity index (χ3v) is 0.439. The fourth-order valence-electron chi connectivity index (χ4n) is 0.179. The van der Waals surface area contributed by atoms with Crippen LogP contribution >= 0.6 is 0 Å². The van der Waals surface area contributed by atoms with E-state index in [0.29, 0.717) is 0 Å². The molecule has 0 spiro atoms. The molecule has 0 aliphatic carbocycles. The molecule has 0 unspecified atom stereocenters. The van der Waals surface area contributed by atoms with Crippen molar-refractivity contribution in [2.75, 3.05) is 0 Å². The minimum atomic E-state index is 1.00. The van der Waals surface area contributed by atoms with Gasteiger partial charge in [0.15, 0.2) is 0 Å². The standard InChI is InChI=1S/C5H8N2/c1-2-3-4-7-5-6/h2-6H,1H3/b3-2-,6-5?,7-4-. The Balaban J connectivity index is 3.27. The summed E-state index contributed by atoms with van der Waals surface area (Å²) in [5.74, 6) is 0. The van der Waals surface area contributed by atoms with Gasteiger partial charge < -0.3 is 0 Å². The fraction of sp³-hybridized carbons (Fsp3) is 0.200. The molecule has 0 aromatic carbocycles. The summed E-state index contributed by atoms with van der Waals surface area (Å²) in [6.07, 6.45) is 6.19. The number of nitrogens with zero attached hydrogens (tertiary/aromatic N) is 1. The summed E-state index contributed by atoms with van der Waals surface area (Å²) >= 11 is 0. The van der Waals surface area contributed by atoms with Crippen LogP contribution in [0.25, 0.3) is 0 Å². The third-order valence-electron chi connectivity index (χ3n) is 0.439. The molecule has 0 saturated carbocycles. The maximum atomic E-state index is 6.42. The summed E-state index contributed by atoms with van der Waals surface area (Å²) in [6, 6.07) is 0. The number of nitrogens with one attached hydrogen (secondary N) is 1. The van der Waals surface area contributed by atoms with E-state index in [4.69, 9.17) is 5.41 Å². The molecule has 0 amide bonds. The molecule has 2 nitrogen and oxygen atoms in total. The van der Waals surface area contributed by atoms with E-state index in [-0.39, 0.29) is 0 Å². The zero-order valence-corrected chi connectivity index (χ0v) is 4.26. The monoisotopic (exact) mass is 96.1 g/mol. The Bertz CT molecular complexity index is 92.3. The van der Waals surface area contributed by atoms with Crippen molar-refractivity contribution in [1.29, 1.82) is 5.41 Å². The van der Waals surface area contributed by atoms with Crippen LogP contribution in [0.2, 0.25) is 0 Å². The zero-order chi connectivity index (χ0) is 5.54. The Kier molecular flexibility index (Phi) is 4.41. The van der Waals surface area contributed by atoms with Crippen LogP contribution in [0.3, 0.4) is 0 Å². The molecule has 0 rings (SSSR count). The van der Waals surface area contributed by atoms with Gasteiger partial charge >= 0.3 is 0 Å². The number of rotatable bonds is 2. The predicted octanol–water partition coefficient (Wildman–Crippen LogP) is 1.24. The lowest BCUT2D eigenvalue weighted by Gasteiger charge is -1.65. The first-order chi connectivity index (χ1) is 3.41. The van der Waals surface area contributed by atoms with Gasteiger partial charge in [-0.2, -0.15) is 0 Å². The Labute approximate surface area is 43.1 Å². The minimum absolute atomic E-state index is 1.00. The maximum Gasteiger partial charge on any atom is 0.106 e. The normalized spacial score (nSPS) is 11.0. The van der Waals surface area contributed by atoms with E-state index in [2.05, 4.69) is 4.99 Å². The predicted molar refractivity (Wildman–Crippen MR) is 32.1 cm³/mol. The second-order valence-electron chi connectivity index (χ2n) is 0.953. The Morgan fingerprint density at radius 2 is 2.29 bits per heavy atom. The number of allylic oxidation sites excluding steroid dienone is 2. The molecule has 0 fully saturated rings. The van der Waals surface area contributed by atoms with Crippen molar-refractivity contribution in [1.82, 2.24) is 0 Å². The highest BCUT2D eigenvalue weighted by Crippen LogP contribution is 1.61. The summed E-state index contributed by atoms with van der Waals surface area (Å²) < 4.78 is 0. The average Bonchev–Trinajstić information content (AvgIpc) is 1.69. The molecule has 0 aromatic heterocycles. The van der Waals surface area contributed by atoms with Crippen LogP contribution in [-0.4, -0.2) is 12.6 Å². The van der Waals surface area contributed by atoms with Crippen molar-refractivity contribution in [3.05, 3.63) is 12.2 Å². The van der Waals surface area contributed by atoms with E-state index in [1.165, 1.54) is 0 Å². The fourth-order valence-corrected chi connectivity index (χ4v) is 0.179. The summed E-state index contributed by atoms with van der Waals surface area (Å²) in [5.41, 5.74) is 0. The minimum Gasteiger partial charge on any atom is -0.290 e. The second-order valence-corrected chi connectivity index (χ2v) is 0.953. The molecule has 1 N–H and O–H groups in total. The quantitative estimate of drug-likeness (QED) is 0.396. The van der Waals surface area contributed by atoms with Crippen LogP contribution in [0.4, 0.5) is 0 Å². The zero-order valence-electron chi connectivity index (χ0n) is 4.26. The van der Waals surface area contributed by atoms with Crippen LogP contribution in [0, 0.1) is 5.41 Å². The molecule has 0 atom stereocenters. The van der Waals surface area contributed by atoms with Gasteiger partial charge in [-0.25, -0.2) is 4.99 Å². The molecule has 0 aliphatic rings. The first-order valence-corrected chi connectivity index (χ1v) is 2.05. The van der Waals surface area contributed by atoms with Crippen molar-refractivity contribution < 1.29 is 0 Å². The van der Waals surface area contributed by atoms with Crippen LogP contribution in [0.15, 0.2) is 17.1 Å². The largest absolute Gasteiger partial charge is 0.290 e. The van der Waals surface area contributed by atoms with E-state index in [1.54, 1.807) is 12.3 Å². The van der Waals surface area contributed by atoms with Gasteiger partial charge in [0.2, 0.25) is 0 Å². The topological polar surface area (TPSA) is 36.2 Å². The van der Waals surface area contributed by atoms with E-state index >= 15 is 0 Å². The summed E-state index contributed by atoms with van der Waals surface area (Å²) in [6.45, 7) is 1.90. The highest BCUT2D eigenvalue weighted by atomic mass is 14.7. The summed E-state index contributed by atoms with van der Waals surface area (Å²) in [5, 5.41) is 6.42. The summed E-state index contributed by atoms with van der Waals surface area (Å²) in [4.78, 5) is 3.49. The van der Waals surface area contributed by atoms with Gasteiger partial charge in [0.1, 0.15) is 6.34 Å². The van der Waals surface area contributed by atoms with Crippen LogP contribution in [-0.2, 0) is 0 Å². The average molecular weight is 96.1 g/mol. The molecule has 38 valence electrons. The van der Waals surface area contributed by atoms with Gasteiger partial charge in [-0.05, 0) is 13.0 Å². The first-order valence-electron chi connectivity index (χ1n) is 2.05. The van der Waals surface area contributed by atoms with Crippen molar-refractivity contribution in [3.63, 3.8) is 0 Å². The van der Waals surface area contributed by atoms with E-state index in [9.17, 15) is 0 Å². The lowest BCUT2D eigenvalue weighted by Crippen LogP contribution is -1.61. The molecular weight excluding hydrogens is 88.1 g/mol. The molecule has 7 heavy (non-hydrogen) atoms. The van der Waals surface area contributed by atoms with Gasteiger partial charge in [-0.15, -0.1) is 0 Å². The van der Waals surface area contributed by atoms with Crippen molar-refractivity contribution in [2.24, 2.45) is 4.99 Å². The van der Waals surface area contributed by atoms with E-state index in [0.717, 1.165) is 6.34 Å². The Hall–Kier alpha value is -0.920. The SMILES string of the molecule is C/C=C\C=N/C=N. The van der Waals surface area contributed by atoms with Gasteiger partial charge in [0.25, 0.3) is 0 Å². The van der Waals surface area contributed by atoms with Crippen LogP contribution < -0.4 is 0 Å². The second kappa shape index (κ2) is 5.08.